The standard InChI is InChI=1S/C25H25FN4O3/c1-29-10-12-30(13-11-29)24-14-17(8-9-27-24)19-7-6-18(15-20(19)26)28-25(31)23-16-32-21-4-2-3-5-22(21)33-23/h2-9,14-15,23H,10-13,16H2,1H3,(H,28,31). The number of para-hydroxylation sites is 2. The van der Waals surface area contributed by atoms with E-state index in [4.69, 9.17) is 9.47 Å². The smallest absolute Gasteiger partial charge is 0.269 e. The zero-order chi connectivity index (χ0) is 22.8. The van der Waals surface area contributed by atoms with Crippen molar-refractivity contribution in [3.8, 4) is 22.6 Å². The average Bonchev–Trinajstić information content (AvgIpc) is 2.84. The molecule has 33 heavy (non-hydrogen) atoms. The number of amides is 1. The lowest BCUT2D eigenvalue weighted by Gasteiger charge is -2.33. The monoisotopic (exact) mass is 448 g/mol. The molecule has 2 aliphatic rings. The van der Waals surface area contributed by atoms with Crippen LogP contribution in [0.25, 0.3) is 11.1 Å². The molecule has 2 aliphatic heterocycles. The Hall–Kier alpha value is -3.65. The largest absolute Gasteiger partial charge is 0.485 e. The van der Waals surface area contributed by atoms with E-state index < -0.39 is 17.8 Å². The van der Waals surface area contributed by atoms with E-state index in [2.05, 4.69) is 27.1 Å². The van der Waals surface area contributed by atoms with E-state index in [1.54, 1.807) is 36.5 Å². The Morgan fingerprint density at radius 1 is 1.06 bits per heavy atom. The molecule has 2 aromatic carbocycles. The van der Waals surface area contributed by atoms with Crippen molar-refractivity contribution >= 4 is 17.4 Å². The zero-order valence-corrected chi connectivity index (χ0v) is 18.3. The van der Waals surface area contributed by atoms with E-state index >= 15 is 4.39 Å². The van der Waals surface area contributed by atoms with Crippen molar-refractivity contribution in [1.82, 2.24) is 9.88 Å². The lowest BCUT2D eigenvalue weighted by atomic mass is 10.1. The van der Waals surface area contributed by atoms with Gasteiger partial charge >= 0.3 is 0 Å². The van der Waals surface area contributed by atoms with Crippen molar-refractivity contribution in [3.63, 3.8) is 0 Å². The Morgan fingerprint density at radius 3 is 2.64 bits per heavy atom. The van der Waals surface area contributed by atoms with Gasteiger partial charge in [0.1, 0.15) is 18.2 Å². The fraction of sp³-hybridized carbons (Fsp3) is 0.280. The molecule has 8 heteroatoms. The molecule has 1 unspecified atom stereocenters. The Bertz CT molecular complexity index is 1160. The second-order valence-corrected chi connectivity index (χ2v) is 8.24. The van der Waals surface area contributed by atoms with E-state index in [1.807, 2.05) is 18.2 Å². The lowest BCUT2D eigenvalue weighted by molar-refractivity contribution is -0.125. The van der Waals surface area contributed by atoms with Gasteiger partial charge in [0.05, 0.1) is 0 Å². The van der Waals surface area contributed by atoms with Crippen LogP contribution in [0, 0.1) is 5.82 Å². The normalized spacial score (nSPS) is 18.1. The predicted molar refractivity (Wildman–Crippen MR) is 124 cm³/mol. The van der Waals surface area contributed by atoms with Gasteiger partial charge in [-0.05, 0) is 55.1 Å². The molecule has 0 saturated carbocycles. The van der Waals surface area contributed by atoms with Gasteiger partial charge in [0.25, 0.3) is 5.91 Å². The molecule has 1 saturated heterocycles. The number of ether oxygens (including phenoxy) is 2. The van der Waals surface area contributed by atoms with Gasteiger partial charge in [0.2, 0.25) is 6.10 Å². The third-order valence-corrected chi connectivity index (χ3v) is 5.92. The first kappa shape index (κ1) is 21.2. The van der Waals surface area contributed by atoms with Crippen molar-refractivity contribution in [1.29, 1.82) is 0 Å². The molecule has 170 valence electrons. The molecule has 1 aromatic heterocycles. The maximum absolute atomic E-state index is 15.0. The minimum Gasteiger partial charge on any atom is -0.485 e. The lowest BCUT2D eigenvalue weighted by Crippen LogP contribution is -2.44. The van der Waals surface area contributed by atoms with Crippen LogP contribution in [0.1, 0.15) is 0 Å². The Kier molecular flexibility index (Phi) is 5.83. The first-order valence-corrected chi connectivity index (χ1v) is 11.0. The molecular formula is C25H25FN4O3. The van der Waals surface area contributed by atoms with Crippen molar-refractivity contribution in [2.45, 2.75) is 6.10 Å². The minimum absolute atomic E-state index is 0.0928. The van der Waals surface area contributed by atoms with Crippen molar-refractivity contribution in [2.24, 2.45) is 0 Å². The number of piperazine rings is 1. The van der Waals surface area contributed by atoms with Crippen LogP contribution < -0.4 is 19.7 Å². The van der Waals surface area contributed by atoms with Crippen LogP contribution in [0.15, 0.2) is 60.8 Å². The van der Waals surface area contributed by atoms with Crippen LogP contribution in [0.2, 0.25) is 0 Å². The summed E-state index contributed by atoms with van der Waals surface area (Å²) in [5, 5.41) is 2.72. The summed E-state index contributed by atoms with van der Waals surface area (Å²) < 4.78 is 26.3. The number of hydrogen-bond donors (Lipinski definition) is 1. The molecule has 0 aliphatic carbocycles. The van der Waals surface area contributed by atoms with Crippen LogP contribution in [-0.4, -0.2) is 61.7 Å². The number of carbonyl (C=O) groups excluding carboxylic acids is 1. The number of halogens is 1. The van der Waals surface area contributed by atoms with Crippen molar-refractivity contribution < 1.29 is 18.7 Å². The van der Waals surface area contributed by atoms with Gasteiger partial charge in [-0.1, -0.05) is 12.1 Å². The molecule has 1 fully saturated rings. The van der Waals surface area contributed by atoms with E-state index in [9.17, 15) is 4.79 Å². The molecule has 1 amide bonds. The molecule has 1 atom stereocenters. The number of likely N-dealkylation sites (N-methyl/N-ethyl adjacent to an activating group) is 1. The number of fused-ring (bicyclic) bond motifs is 1. The van der Waals surface area contributed by atoms with Crippen LogP contribution in [0.4, 0.5) is 15.9 Å². The van der Waals surface area contributed by atoms with Crippen LogP contribution >= 0.6 is 0 Å². The summed E-state index contributed by atoms with van der Waals surface area (Å²) in [5.74, 6) is 1.14. The highest BCUT2D eigenvalue weighted by Gasteiger charge is 2.27. The molecule has 7 nitrogen and oxygen atoms in total. The fourth-order valence-corrected chi connectivity index (χ4v) is 3.99. The average molecular weight is 448 g/mol. The van der Waals surface area contributed by atoms with Gasteiger partial charge in [0, 0.05) is 43.6 Å². The van der Waals surface area contributed by atoms with Gasteiger partial charge in [0.15, 0.2) is 11.5 Å². The number of rotatable bonds is 4. The molecule has 0 spiro atoms. The molecular weight excluding hydrogens is 423 g/mol. The molecule has 0 radical (unpaired) electrons. The van der Waals surface area contributed by atoms with Gasteiger partial charge in [-0.25, -0.2) is 9.37 Å². The Balaban J connectivity index is 1.28. The zero-order valence-electron chi connectivity index (χ0n) is 18.3. The van der Waals surface area contributed by atoms with Crippen molar-refractivity contribution in [2.75, 3.05) is 50.1 Å². The summed E-state index contributed by atoms with van der Waals surface area (Å²) in [6.07, 6.45) is 0.894. The highest BCUT2D eigenvalue weighted by atomic mass is 19.1. The summed E-state index contributed by atoms with van der Waals surface area (Å²) >= 11 is 0. The second-order valence-electron chi connectivity index (χ2n) is 8.24. The number of nitrogens with one attached hydrogen (secondary N) is 1. The molecule has 0 bridgehead atoms. The summed E-state index contributed by atoms with van der Waals surface area (Å²) in [6, 6.07) is 15.6. The van der Waals surface area contributed by atoms with Gasteiger partial charge in [-0.15, -0.1) is 0 Å². The van der Waals surface area contributed by atoms with Gasteiger partial charge in [-0.2, -0.15) is 0 Å². The van der Waals surface area contributed by atoms with E-state index in [0.29, 0.717) is 22.7 Å². The topological polar surface area (TPSA) is 66.9 Å². The number of pyridine rings is 1. The number of anilines is 2. The van der Waals surface area contributed by atoms with Gasteiger partial charge in [-0.3, -0.25) is 4.79 Å². The van der Waals surface area contributed by atoms with Crippen LogP contribution in [0.3, 0.4) is 0 Å². The number of benzene rings is 2. The third kappa shape index (κ3) is 4.61. The maximum atomic E-state index is 15.0. The van der Waals surface area contributed by atoms with E-state index in [-0.39, 0.29) is 6.61 Å². The Labute approximate surface area is 191 Å². The molecule has 5 rings (SSSR count). The van der Waals surface area contributed by atoms with Crippen molar-refractivity contribution in [3.05, 3.63) is 66.6 Å². The quantitative estimate of drug-likeness (QED) is 0.660. The molecule has 1 N–H and O–H groups in total. The molecule has 3 heterocycles. The summed E-state index contributed by atoms with van der Waals surface area (Å²) in [6.45, 7) is 3.80. The fourth-order valence-electron chi connectivity index (χ4n) is 3.99. The van der Waals surface area contributed by atoms with E-state index in [0.717, 1.165) is 37.6 Å². The maximum Gasteiger partial charge on any atom is 0.269 e. The number of hydrogen-bond acceptors (Lipinski definition) is 6. The first-order chi connectivity index (χ1) is 16.1. The predicted octanol–water partition coefficient (Wildman–Crippen LogP) is 3.42. The summed E-state index contributed by atoms with van der Waals surface area (Å²) in [5.41, 5.74) is 1.56. The third-order valence-electron chi connectivity index (χ3n) is 5.92. The highest BCUT2D eigenvalue weighted by Crippen LogP contribution is 2.32. The Morgan fingerprint density at radius 2 is 1.85 bits per heavy atom. The summed E-state index contributed by atoms with van der Waals surface area (Å²) in [7, 11) is 2.10. The van der Waals surface area contributed by atoms with Gasteiger partial charge < -0.3 is 24.6 Å². The van der Waals surface area contributed by atoms with E-state index in [1.165, 1.54) is 6.07 Å². The highest BCUT2D eigenvalue weighted by molar-refractivity contribution is 5.95. The van der Waals surface area contributed by atoms with Crippen LogP contribution in [-0.2, 0) is 4.79 Å². The number of aromatic nitrogens is 1. The second kappa shape index (κ2) is 9.07. The first-order valence-electron chi connectivity index (χ1n) is 11.0. The summed E-state index contributed by atoms with van der Waals surface area (Å²) in [4.78, 5) is 21.6. The van der Waals surface area contributed by atoms with Crippen LogP contribution in [0.5, 0.6) is 11.5 Å². The minimum atomic E-state index is -0.811. The number of nitrogens with zero attached hydrogens (tertiary/aromatic N) is 3. The number of carbonyl (C=O) groups is 1. The molecule has 3 aromatic rings. The SMILES string of the molecule is CN1CCN(c2cc(-c3ccc(NC(=O)C4COc5ccccc5O4)cc3F)ccn2)CC1.